The Hall–Kier alpha value is -2.53. The van der Waals surface area contributed by atoms with Crippen LogP contribution in [-0.4, -0.2) is 50.6 Å². The predicted molar refractivity (Wildman–Crippen MR) is 176 cm³/mol. The molecule has 0 aromatic heterocycles. The molecule has 1 saturated heterocycles. The molecule has 2 aromatic carbocycles. The van der Waals surface area contributed by atoms with Crippen LogP contribution < -0.4 is 5.32 Å². The predicted octanol–water partition coefficient (Wildman–Crippen LogP) is 7.10. The fourth-order valence-corrected chi connectivity index (χ4v) is 4.42. The highest BCUT2D eigenvalue weighted by Crippen LogP contribution is 2.37. The van der Waals surface area contributed by atoms with Crippen molar-refractivity contribution in [2.45, 2.75) is 91.1 Å². The van der Waals surface area contributed by atoms with Gasteiger partial charge in [0.05, 0.1) is 13.2 Å². The van der Waals surface area contributed by atoms with Gasteiger partial charge in [-0.15, -0.1) is 6.42 Å². The SMILES string of the molecule is C#CCO[Si](C)(C)C(C)(C)C.C/C=C/CO.CC(C)(C)C=O.OC(c1ccccc1)(c1ccccc1)[C@@H]1CCCN1. The Morgan fingerprint density at radius 1 is 1.00 bits per heavy atom. The number of aliphatic hydroxyl groups is 2. The Kier molecular flexibility index (Phi) is 17.6. The maximum absolute atomic E-state index is 11.4. The fourth-order valence-electron chi connectivity index (χ4n) is 3.54. The molecule has 0 bridgehead atoms. The van der Waals surface area contributed by atoms with Crippen molar-refractivity contribution in [3.8, 4) is 12.3 Å². The van der Waals surface area contributed by atoms with Gasteiger partial charge in [-0.25, -0.2) is 0 Å². The summed E-state index contributed by atoms with van der Waals surface area (Å²) in [4.78, 5) is 9.83. The Balaban J connectivity index is 0.000000617. The van der Waals surface area contributed by atoms with Gasteiger partial charge in [-0.3, -0.25) is 0 Å². The number of carbonyl (C=O) groups is 1. The van der Waals surface area contributed by atoms with Gasteiger partial charge < -0.3 is 24.8 Å². The summed E-state index contributed by atoms with van der Waals surface area (Å²) in [6.07, 6.45) is 11.7. The summed E-state index contributed by atoms with van der Waals surface area (Å²) in [7, 11) is -1.57. The van der Waals surface area contributed by atoms with Crippen LogP contribution in [0.25, 0.3) is 0 Å². The van der Waals surface area contributed by atoms with Gasteiger partial charge in [-0.05, 0) is 55.6 Å². The molecular weight excluding hydrogens is 526 g/mol. The Bertz CT molecular complexity index is 986. The van der Waals surface area contributed by atoms with Crippen LogP contribution in [-0.2, 0) is 14.8 Å². The first-order chi connectivity index (χ1) is 19.1. The highest BCUT2D eigenvalue weighted by molar-refractivity contribution is 6.74. The molecule has 1 heterocycles. The van der Waals surface area contributed by atoms with Gasteiger partial charge in [0.25, 0.3) is 0 Å². The highest BCUT2D eigenvalue weighted by atomic mass is 28.4. The van der Waals surface area contributed by atoms with Crippen molar-refractivity contribution in [2.75, 3.05) is 19.8 Å². The average molecular weight is 582 g/mol. The number of benzene rings is 2. The van der Waals surface area contributed by atoms with Gasteiger partial charge in [-0.1, -0.05) is 120 Å². The summed E-state index contributed by atoms with van der Waals surface area (Å²) < 4.78 is 5.65. The van der Waals surface area contributed by atoms with Gasteiger partial charge in [0.2, 0.25) is 0 Å². The standard InChI is InChI=1S/C17H19NO.C9H18OSi.C5H10O.C4H8O/c19-17(16-12-7-13-18-16,14-8-3-1-4-9-14)15-10-5-2-6-11-15;1-7-8-10-11(5,6)9(2,3)4;1-5(2,3)4-6;1-2-3-4-5/h1-6,8-11,16,18-19H,7,12-13H2;1H,8H2,2-6H3;4H,1-3H3;2-3,5H,4H2,1H3/b;;;3-2+/t16-;;;/m0.../s1. The Morgan fingerprint density at radius 2 is 1.46 bits per heavy atom. The van der Waals surface area contributed by atoms with Crippen molar-refractivity contribution in [2.24, 2.45) is 5.41 Å². The molecule has 1 atom stereocenters. The molecule has 1 fully saturated rings. The molecule has 0 radical (unpaired) electrons. The average Bonchev–Trinajstić information content (AvgIpc) is 3.49. The number of carbonyl (C=O) groups excluding carboxylic acids is 1. The van der Waals surface area contributed by atoms with Crippen molar-refractivity contribution in [3.63, 3.8) is 0 Å². The van der Waals surface area contributed by atoms with Crippen LogP contribution in [0.1, 0.15) is 72.4 Å². The first-order valence-corrected chi connectivity index (χ1v) is 17.3. The van der Waals surface area contributed by atoms with Crippen LogP contribution >= 0.6 is 0 Å². The zero-order valence-corrected chi connectivity index (χ0v) is 27.9. The number of aldehydes is 1. The summed E-state index contributed by atoms with van der Waals surface area (Å²) in [5.74, 6) is 2.51. The van der Waals surface area contributed by atoms with Gasteiger partial charge in [-0.2, -0.15) is 0 Å². The number of nitrogens with one attached hydrogen (secondary N) is 1. The van der Waals surface area contributed by atoms with E-state index >= 15 is 0 Å². The number of allylic oxidation sites excluding steroid dienone is 1. The maximum atomic E-state index is 11.4. The molecule has 0 unspecified atom stereocenters. The monoisotopic (exact) mass is 581 g/mol. The first kappa shape index (κ1) is 38.5. The molecule has 2 aromatic rings. The molecule has 1 aliphatic rings. The summed E-state index contributed by atoms with van der Waals surface area (Å²) in [6, 6.07) is 20.0. The van der Waals surface area contributed by atoms with Crippen LogP contribution in [0.3, 0.4) is 0 Å². The van der Waals surface area contributed by atoms with Crippen molar-refractivity contribution in [1.82, 2.24) is 5.32 Å². The van der Waals surface area contributed by atoms with E-state index in [-0.39, 0.29) is 23.1 Å². The number of hydrogen-bond donors (Lipinski definition) is 3. The van der Waals surface area contributed by atoms with Crippen LogP contribution in [0.4, 0.5) is 0 Å². The molecule has 228 valence electrons. The van der Waals surface area contributed by atoms with E-state index in [2.05, 4.69) is 45.1 Å². The number of rotatable bonds is 6. The fraction of sp³-hybridized carbons (Fsp3) is 0.514. The minimum atomic E-state index is -1.57. The molecule has 1 aliphatic heterocycles. The van der Waals surface area contributed by atoms with Crippen LogP contribution in [0, 0.1) is 17.8 Å². The van der Waals surface area contributed by atoms with E-state index in [1.54, 1.807) is 12.2 Å². The van der Waals surface area contributed by atoms with Crippen molar-refractivity contribution in [1.29, 1.82) is 0 Å². The lowest BCUT2D eigenvalue weighted by molar-refractivity contribution is -0.113. The second-order valence-electron chi connectivity index (χ2n) is 12.6. The van der Waals surface area contributed by atoms with Crippen LogP contribution in [0.15, 0.2) is 72.8 Å². The van der Waals surface area contributed by atoms with Crippen molar-refractivity contribution < 1.29 is 19.4 Å². The van der Waals surface area contributed by atoms with E-state index in [9.17, 15) is 9.90 Å². The third-order valence-corrected chi connectivity index (χ3v) is 11.5. The molecule has 3 N–H and O–H groups in total. The number of aliphatic hydroxyl groups excluding tert-OH is 1. The summed E-state index contributed by atoms with van der Waals surface area (Å²) in [5.41, 5.74) is 0.833. The minimum Gasteiger partial charge on any atom is -0.406 e. The molecule has 41 heavy (non-hydrogen) atoms. The van der Waals surface area contributed by atoms with Gasteiger partial charge >= 0.3 is 0 Å². The van der Waals surface area contributed by atoms with Crippen LogP contribution in [0.5, 0.6) is 0 Å². The molecule has 0 saturated carbocycles. The molecular formula is C35H55NO4Si. The molecule has 0 spiro atoms. The third kappa shape index (κ3) is 14.3. The van der Waals surface area contributed by atoms with Crippen molar-refractivity contribution in [3.05, 3.63) is 83.9 Å². The minimum absolute atomic E-state index is 0.0808. The maximum Gasteiger partial charge on any atom is 0.193 e. The highest BCUT2D eigenvalue weighted by Gasteiger charge is 2.41. The lowest BCUT2D eigenvalue weighted by Gasteiger charge is -2.35. The van der Waals surface area contributed by atoms with E-state index < -0.39 is 13.9 Å². The van der Waals surface area contributed by atoms with Gasteiger partial charge in [0.1, 0.15) is 11.9 Å². The number of terminal acetylenes is 1. The van der Waals surface area contributed by atoms with Gasteiger partial charge in [0, 0.05) is 11.5 Å². The normalized spacial score (nSPS) is 15.3. The van der Waals surface area contributed by atoms with E-state index in [4.69, 9.17) is 16.0 Å². The molecule has 5 nitrogen and oxygen atoms in total. The zero-order chi connectivity index (χ0) is 31.6. The second-order valence-corrected chi connectivity index (χ2v) is 17.4. The Labute approximate surface area is 251 Å². The molecule has 6 heteroatoms. The molecule has 0 aliphatic carbocycles. The lowest BCUT2D eigenvalue weighted by Crippen LogP contribution is -2.46. The third-order valence-electron chi connectivity index (χ3n) is 7.01. The lowest BCUT2D eigenvalue weighted by atomic mass is 9.79. The zero-order valence-electron chi connectivity index (χ0n) is 26.9. The molecule has 0 amide bonds. The number of hydrogen-bond acceptors (Lipinski definition) is 5. The van der Waals surface area contributed by atoms with E-state index in [1.165, 1.54) is 0 Å². The molecule has 3 rings (SSSR count). The first-order valence-electron chi connectivity index (χ1n) is 14.4. The second kappa shape index (κ2) is 18.8. The smallest absolute Gasteiger partial charge is 0.193 e. The van der Waals surface area contributed by atoms with Crippen LogP contribution in [0.2, 0.25) is 18.1 Å². The summed E-state index contributed by atoms with van der Waals surface area (Å²) in [5, 5.41) is 23.1. The quantitative estimate of drug-likeness (QED) is 0.147. The summed E-state index contributed by atoms with van der Waals surface area (Å²) >= 11 is 0. The van der Waals surface area contributed by atoms with Crippen molar-refractivity contribution >= 4 is 14.6 Å². The largest absolute Gasteiger partial charge is 0.406 e. The Morgan fingerprint density at radius 3 is 1.73 bits per heavy atom. The topological polar surface area (TPSA) is 78.8 Å². The van der Waals surface area contributed by atoms with E-state index in [1.807, 2.05) is 88.4 Å². The van der Waals surface area contributed by atoms with E-state index in [0.717, 1.165) is 36.8 Å². The van der Waals surface area contributed by atoms with E-state index in [0.29, 0.717) is 6.61 Å². The summed E-state index contributed by atoms with van der Waals surface area (Å²) in [6.45, 7) is 20.1. The van der Waals surface area contributed by atoms with Gasteiger partial charge in [0.15, 0.2) is 8.32 Å².